The molecule has 2 N–H and O–H groups in total. The number of carbonyl (C=O) groups is 2. The van der Waals surface area contributed by atoms with E-state index in [2.05, 4.69) is 10.1 Å². The van der Waals surface area contributed by atoms with Gasteiger partial charge >= 0.3 is 12.1 Å². The summed E-state index contributed by atoms with van der Waals surface area (Å²) in [6.07, 6.45) is -0.804. The lowest BCUT2D eigenvalue weighted by Crippen LogP contribution is -2.47. The number of aliphatic hydroxyl groups is 1. The molecule has 1 amide bonds. The fourth-order valence-electron chi connectivity index (χ4n) is 0.822. The molecule has 0 aromatic carbocycles. The molecule has 0 aromatic heterocycles. The van der Waals surface area contributed by atoms with Gasteiger partial charge in [-0.2, -0.15) is 0 Å². The molecule has 0 radical (unpaired) electrons. The Morgan fingerprint density at radius 2 is 2.09 bits per heavy atom. The van der Waals surface area contributed by atoms with E-state index in [0.29, 0.717) is 0 Å². The van der Waals surface area contributed by atoms with Crippen LogP contribution in [0.25, 0.3) is 0 Å². The number of hydrogen-bond donors (Lipinski definition) is 2. The van der Waals surface area contributed by atoms with E-state index in [1.54, 1.807) is 0 Å². The first-order valence-electron chi connectivity index (χ1n) is 3.16. The van der Waals surface area contributed by atoms with Crippen molar-refractivity contribution in [2.45, 2.75) is 25.5 Å². The van der Waals surface area contributed by atoms with Gasteiger partial charge in [-0.15, -0.1) is 0 Å². The zero-order valence-corrected chi connectivity index (χ0v) is 6.25. The van der Waals surface area contributed by atoms with Crippen LogP contribution in [0.3, 0.4) is 0 Å². The van der Waals surface area contributed by atoms with Gasteiger partial charge in [0.25, 0.3) is 0 Å². The highest BCUT2D eigenvalue weighted by molar-refractivity contribution is 5.96. The Bertz CT molecular complexity index is 205. The molecule has 1 aliphatic rings. The molecule has 1 atom stereocenters. The average molecular weight is 159 g/mol. The van der Waals surface area contributed by atoms with E-state index in [1.807, 2.05) is 0 Å². The normalized spacial score (nSPS) is 24.8. The Hall–Kier alpha value is -1.10. The van der Waals surface area contributed by atoms with Crippen molar-refractivity contribution >= 4 is 12.1 Å². The first-order chi connectivity index (χ1) is 4.91. The lowest BCUT2D eigenvalue weighted by atomic mass is 10.0. The minimum Gasteiger partial charge on any atom is -0.388 e. The number of alkyl carbamates (subject to hydrolysis) is 1. The monoisotopic (exact) mass is 159 g/mol. The number of ether oxygens (including phenoxy) is 1. The van der Waals surface area contributed by atoms with Gasteiger partial charge in [-0.25, -0.2) is 9.59 Å². The maximum atomic E-state index is 10.8. The topological polar surface area (TPSA) is 75.6 Å². The van der Waals surface area contributed by atoms with E-state index in [-0.39, 0.29) is 0 Å². The summed E-state index contributed by atoms with van der Waals surface area (Å²) in [6.45, 7) is 2.84. The molecule has 1 saturated heterocycles. The van der Waals surface area contributed by atoms with E-state index in [4.69, 9.17) is 0 Å². The van der Waals surface area contributed by atoms with Crippen LogP contribution in [-0.2, 0) is 9.53 Å². The molecule has 5 nitrogen and oxygen atoms in total. The number of cyclic esters (lactones) is 2. The average Bonchev–Trinajstić information content (AvgIpc) is 2.08. The molecule has 0 spiro atoms. The third-order valence-corrected chi connectivity index (χ3v) is 1.40. The largest absolute Gasteiger partial charge is 0.415 e. The third-order valence-electron chi connectivity index (χ3n) is 1.40. The predicted octanol–water partition coefficient (Wildman–Crippen LogP) is -0.608. The van der Waals surface area contributed by atoms with Gasteiger partial charge in [-0.05, 0) is 13.8 Å². The summed E-state index contributed by atoms with van der Waals surface area (Å²) in [4.78, 5) is 21.2. The zero-order chi connectivity index (χ0) is 8.65. The fourth-order valence-corrected chi connectivity index (χ4v) is 0.822. The molecule has 62 valence electrons. The highest BCUT2D eigenvalue weighted by atomic mass is 16.6. The molecular weight excluding hydrogens is 150 g/mol. The molecule has 5 heteroatoms. The number of carbonyl (C=O) groups excluding carboxylic acids is 2. The van der Waals surface area contributed by atoms with Crippen molar-refractivity contribution in [2.24, 2.45) is 0 Å². The van der Waals surface area contributed by atoms with E-state index in [0.717, 1.165) is 0 Å². The van der Waals surface area contributed by atoms with Gasteiger partial charge < -0.3 is 15.2 Å². The Labute approximate surface area is 63.3 Å². The zero-order valence-electron chi connectivity index (χ0n) is 6.25. The van der Waals surface area contributed by atoms with Gasteiger partial charge in [0.1, 0.15) is 0 Å². The highest BCUT2D eigenvalue weighted by Gasteiger charge is 2.42. The quantitative estimate of drug-likeness (QED) is 0.395. The van der Waals surface area contributed by atoms with Crippen molar-refractivity contribution in [1.82, 2.24) is 5.32 Å². The van der Waals surface area contributed by atoms with Crippen molar-refractivity contribution in [3.63, 3.8) is 0 Å². The number of hydrogen-bond acceptors (Lipinski definition) is 4. The summed E-state index contributed by atoms with van der Waals surface area (Å²) < 4.78 is 4.15. The fraction of sp³-hybridized carbons (Fsp3) is 0.667. The standard InChI is InChI=1S/C6H9NO4/c1-6(2,10)3-4(8)11-5(9)7-3/h3,10H,1-2H3,(H,7,9)/t3-/m0/s1. The van der Waals surface area contributed by atoms with Crippen molar-refractivity contribution in [3.8, 4) is 0 Å². The van der Waals surface area contributed by atoms with Crippen molar-refractivity contribution in [1.29, 1.82) is 0 Å². The van der Waals surface area contributed by atoms with Crippen LogP contribution < -0.4 is 5.32 Å². The molecule has 0 saturated carbocycles. The van der Waals surface area contributed by atoms with Crippen LogP contribution in [0.1, 0.15) is 13.8 Å². The molecule has 0 unspecified atom stereocenters. The van der Waals surface area contributed by atoms with Crippen LogP contribution in [0, 0.1) is 0 Å². The van der Waals surface area contributed by atoms with E-state index < -0.39 is 23.7 Å². The number of nitrogens with one attached hydrogen (secondary N) is 1. The SMILES string of the molecule is CC(C)(O)[C@H]1NC(=O)OC1=O. The second-order valence-corrected chi connectivity index (χ2v) is 2.94. The number of amides is 1. The number of esters is 1. The first kappa shape index (κ1) is 8.00. The lowest BCUT2D eigenvalue weighted by molar-refractivity contribution is -0.139. The third kappa shape index (κ3) is 1.48. The molecule has 0 aromatic rings. The van der Waals surface area contributed by atoms with Crippen LogP contribution in [0.15, 0.2) is 0 Å². The van der Waals surface area contributed by atoms with Crippen LogP contribution in [0.2, 0.25) is 0 Å². The van der Waals surface area contributed by atoms with Gasteiger partial charge in [0.15, 0.2) is 6.04 Å². The molecule has 0 bridgehead atoms. The van der Waals surface area contributed by atoms with Gasteiger partial charge in [0, 0.05) is 0 Å². The van der Waals surface area contributed by atoms with E-state index in [1.165, 1.54) is 13.8 Å². The number of rotatable bonds is 1. The molecule has 1 aliphatic heterocycles. The first-order valence-corrected chi connectivity index (χ1v) is 3.16. The minimum atomic E-state index is -1.27. The maximum Gasteiger partial charge on any atom is 0.415 e. The smallest absolute Gasteiger partial charge is 0.388 e. The van der Waals surface area contributed by atoms with Crippen LogP contribution >= 0.6 is 0 Å². The Morgan fingerprint density at radius 1 is 1.55 bits per heavy atom. The Balaban J connectivity index is 2.76. The summed E-state index contributed by atoms with van der Waals surface area (Å²) >= 11 is 0. The molecule has 1 rings (SSSR count). The summed E-state index contributed by atoms with van der Waals surface area (Å²) in [7, 11) is 0. The molecular formula is C6H9NO4. The highest BCUT2D eigenvalue weighted by Crippen LogP contribution is 2.14. The Morgan fingerprint density at radius 3 is 2.27 bits per heavy atom. The second kappa shape index (κ2) is 2.20. The van der Waals surface area contributed by atoms with Crippen LogP contribution in [-0.4, -0.2) is 28.8 Å². The summed E-state index contributed by atoms with van der Waals surface area (Å²) in [6, 6.07) is -0.949. The molecule has 1 heterocycles. The summed E-state index contributed by atoms with van der Waals surface area (Å²) in [5.41, 5.74) is -1.27. The van der Waals surface area contributed by atoms with Gasteiger partial charge in [0.05, 0.1) is 5.60 Å². The van der Waals surface area contributed by atoms with Crippen molar-refractivity contribution < 1.29 is 19.4 Å². The van der Waals surface area contributed by atoms with Crippen molar-refractivity contribution in [3.05, 3.63) is 0 Å². The minimum absolute atomic E-state index is 0.734. The van der Waals surface area contributed by atoms with E-state index >= 15 is 0 Å². The van der Waals surface area contributed by atoms with Crippen LogP contribution in [0.5, 0.6) is 0 Å². The molecule has 11 heavy (non-hydrogen) atoms. The van der Waals surface area contributed by atoms with Gasteiger partial charge in [0.2, 0.25) is 0 Å². The van der Waals surface area contributed by atoms with Gasteiger partial charge in [-0.1, -0.05) is 0 Å². The molecule has 0 aliphatic carbocycles. The maximum absolute atomic E-state index is 10.8. The summed E-state index contributed by atoms with van der Waals surface area (Å²) in [5.74, 6) is -0.734. The van der Waals surface area contributed by atoms with E-state index in [9.17, 15) is 14.7 Å². The van der Waals surface area contributed by atoms with Gasteiger partial charge in [-0.3, -0.25) is 0 Å². The predicted molar refractivity (Wildman–Crippen MR) is 34.7 cm³/mol. The van der Waals surface area contributed by atoms with Crippen molar-refractivity contribution in [2.75, 3.05) is 0 Å². The molecule has 1 fully saturated rings. The van der Waals surface area contributed by atoms with Crippen LogP contribution in [0.4, 0.5) is 4.79 Å². The Kier molecular flexibility index (Phi) is 1.60. The second-order valence-electron chi connectivity index (χ2n) is 2.94. The lowest BCUT2D eigenvalue weighted by Gasteiger charge is -2.20. The summed E-state index contributed by atoms with van der Waals surface area (Å²) in [5, 5.41) is 11.5.